The maximum absolute atomic E-state index is 13.7. The first kappa shape index (κ1) is 31.6. The van der Waals surface area contributed by atoms with Gasteiger partial charge in [-0.05, 0) is 72.7 Å². The molecule has 3 heterocycles. The molecule has 0 saturated carbocycles. The number of nitrogens with one attached hydrogen (secondary N) is 1. The molecule has 232 valence electrons. The zero-order valence-corrected chi connectivity index (χ0v) is 25.6. The van der Waals surface area contributed by atoms with Crippen LogP contribution < -0.4 is 11.1 Å². The minimum atomic E-state index is -1.01. The highest BCUT2D eigenvalue weighted by molar-refractivity contribution is 7.17. The Morgan fingerprint density at radius 3 is 2.29 bits per heavy atom. The zero-order chi connectivity index (χ0) is 32.2. The summed E-state index contributed by atoms with van der Waals surface area (Å²) >= 11 is 1.12. The molecule has 2 amide bonds. The van der Waals surface area contributed by atoms with Gasteiger partial charge in [0.25, 0.3) is 11.8 Å². The minimum Gasteiger partial charge on any atom is -0.366 e. The van der Waals surface area contributed by atoms with E-state index in [4.69, 9.17) is 15.2 Å². The molecule has 0 aliphatic heterocycles. The maximum atomic E-state index is 13.7. The predicted octanol–water partition coefficient (Wildman–Crippen LogP) is 6.60. The number of aryl methyl sites for hydroxylation is 3. The number of hydrogen-bond donors (Lipinski definition) is 2. The molecule has 0 atom stereocenters. The number of nitrogens with zero attached hydrogens (tertiary/aromatic N) is 3. The van der Waals surface area contributed by atoms with Crippen molar-refractivity contribution in [1.29, 1.82) is 0 Å². The average molecular weight is 634 g/mol. The van der Waals surface area contributed by atoms with E-state index >= 15 is 0 Å². The topological polar surface area (TPSA) is 124 Å². The summed E-state index contributed by atoms with van der Waals surface area (Å²) in [4.78, 5) is 36.5. The van der Waals surface area contributed by atoms with Crippen molar-refractivity contribution in [2.45, 2.75) is 46.6 Å². The molecule has 0 unspecified atom stereocenters. The lowest BCUT2D eigenvalue weighted by molar-refractivity contribution is 0.0953. The lowest BCUT2D eigenvalue weighted by Crippen LogP contribution is -2.21. The summed E-state index contributed by atoms with van der Waals surface area (Å²) in [6.45, 7) is 5.62. The fraction of sp³-hybridized carbons (Fsp3) is 0.242. The molecule has 0 radical (unpaired) electrons. The summed E-state index contributed by atoms with van der Waals surface area (Å²) in [5.74, 6) is -2.82. The number of hydrogen-bond acceptors (Lipinski definition) is 7. The second-order valence-corrected chi connectivity index (χ2v) is 12.0. The van der Waals surface area contributed by atoms with Crippen LogP contribution in [0.3, 0.4) is 0 Å². The highest BCUT2D eigenvalue weighted by atomic mass is 32.1. The molecule has 3 N–H and O–H groups in total. The first-order chi connectivity index (χ1) is 21.5. The summed E-state index contributed by atoms with van der Waals surface area (Å²) in [6, 6.07) is 12.9. The standard InChI is InChI=1S/C33H30F3N5O3S/c1-17(2)14-25-28(31(37)42)30(26-12-13-27(45-26)33(43)38-16-20-6-10-22(35)23(36)15-20)29(32-39-18(3)44-41-32)24(40-25)11-7-19-4-8-21(34)9-5-19/h4-6,8-10,12-13,15,17H,7,11,14,16H2,1-3H3,(H2,37,42)(H,38,43). The molecule has 0 fully saturated rings. The SMILES string of the molecule is Cc1nc(-c2c(CCc3ccc(F)cc3)nc(CC(C)C)c(C(N)=O)c2-c2ccc(C(=O)NCc3ccc(F)c(F)c3)s2)no1. The van der Waals surface area contributed by atoms with E-state index in [-0.39, 0.29) is 29.7 Å². The normalized spacial score (nSPS) is 11.3. The van der Waals surface area contributed by atoms with Gasteiger partial charge in [-0.3, -0.25) is 14.6 Å². The number of nitrogens with two attached hydrogens (primary N) is 1. The molecule has 2 aromatic carbocycles. The van der Waals surface area contributed by atoms with E-state index in [9.17, 15) is 22.8 Å². The van der Waals surface area contributed by atoms with E-state index in [1.54, 1.807) is 31.2 Å². The van der Waals surface area contributed by atoms with E-state index in [0.717, 1.165) is 29.0 Å². The number of pyridine rings is 1. The number of thiophene rings is 1. The van der Waals surface area contributed by atoms with Crippen LogP contribution >= 0.6 is 11.3 Å². The van der Waals surface area contributed by atoms with Crippen LogP contribution in [-0.2, 0) is 25.8 Å². The Balaban J connectivity index is 1.60. The van der Waals surface area contributed by atoms with Crippen LogP contribution in [0.2, 0.25) is 0 Å². The second kappa shape index (κ2) is 13.4. The van der Waals surface area contributed by atoms with E-state index in [1.807, 2.05) is 13.8 Å². The smallest absolute Gasteiger partial charge is 0.261 e. The van der Waals surface area contributed by atoms with Gasteiger partial charge in [0.2, 0.25) is 11.7 Å². The summed E-state index contributed by atoms with van der Waals surface area (Å²) in [5.41, 5.74) is 9.46. The fourth-order valence-electron chi connectivity index (χ4n) is 4.98. The Labute approximate surface area is 261 Å². The number of amides is 2. The second-order valence-electron chi connectivity index (χ2n) is 11.0. The minimum absolute atomic E-state index is 0.0233. The maximum Gasteiger partial charge on any atom is 0.261 e. The molecular weight excluding hydrogens is 603 g/mol. The highest BCUT2D eigenvalue weighted by Gasteiger charge is 2.29. The van der Waals surface area contributed by atoms with E-state index in [0.29, 0.717) is 63.0 Å². The molecule has 5 aromatic rings. The number of benzene rings is 2. The molecule has 0 aliphatic carbocycles. The Kier molecular flexibility index (Phi) is 9.43. The van der Waals surface area contributed by atoms with Crippen molar-refractivity contribution in [3.8, 4) is 21.8 Å². The molecule has 12 heteroatoms. The lowest BCUT2D eigenvalue weighted by Gasteiger charge is -2.19. The number of carbonyl (C=O) groups excluding carboxylic acids is 2. The molecule has 0 saturated heterocycles. The Morgan fingerprint density at radius 2 is 1.64 bits per heavy atom. The molecule has 0 aliphatic rings. The molecular formula is C33H30F3N5O3S. The van der Waals surface area contributed by atoms with Crippen LogP contribution in [0, 0.1) is 30.3 Å². The third-order valence-corrected chi connectivity index (χ3v) is 8.12. The molecule has 8 nitrogen and oxygen atoms in total. The van der Waals surface area contributed by atoms with Gasteiger partial charge in [0.1, 0.15) is 5.82 Å². The first-order valence-corrected chi connectivity index (χ1v) is 15.0. The fourth-order valence-corrected chi connectivity index (χ4v) is 5.96. The van der Waals surface area contributed by atoms with E-state index in [2.05, 4.69) is 15.5 Å². The third kappa shape index (κ3) is 7.28. The summed E-state index contributed by atoms with van der Waals surface area (Å²) in [7, 11) is 0. The Bertz CT molecular complexity index is 1870. The number of carbonyl (C=O) groups is 2. The Morgan fingerprint density at radius 1 is 0.911 bits per heavy atom. The van der Waals surface area contributed by atoms with Gasteiger partial charge >= 0.3 is 0 Å². The number of aromatic nitrogens is 3. The highest BCUT2D eigenvalue weighted by Crippen LogP contribution is 2.41. The van der Waals surface area contributed by atoms with Crippen molar-refractivity contribution in [3.05, 3.63) is 111 Å². The molecule has 45 heavy (non-hydrogen) atoms. The van der Waals surface area contributed by atoms with Crippen LogP contribution in [-0.4, -0.2) is 26.9 Å². The molecule has 3 aromatic heterocycles. The van der Waals surface area contributed by atoms with Crippen LogP contribution in [0.5, 0.6) is 0 Å². The van der Waals surface area contributed by atoms with Gasteiger partial charge in [-0.1, -0.05) is 37.2 Å². The van der Waals surface area contributed by atoms with Crippen molar-refractivity contribution >= 4 is 23.2 Å². The van der Waals surface area contributed by atoms with Gasteiger partial charge in [-0.25, -0.2) is 13.2 Å². The quantitative estimate of drug-likeness (QED) is 0.169. The van der Waals surface area contributed by atoms with Crippen molar-refractivity contribution in [1.82, 2.24) is 20.4 Å². The largest absolute Gasteiger partial charge is 0.366 e. The van der Waals surface area contributed by atoms with Gasteiger partial charge in [0.05, 0.1) is 27.4 Å². The zero-order valence-electron chi connectivity index (χ0n) is 24.8. The van der Waals surface area contributed by atoms with Crippen LogP contribution in [0.1, 0.15) is 62.3 Å². The Hall–Kier alpha value is -4.84. The molecule has 5 rings (SSSR count). The number of primary amides is 1. The summed E-state index contributed by atoms with van der Waals surface area (Å²) in [6.07, 6.45) is 1.36. The van der Waals surface area contributed by atoms with Gasteiger partial charge in [0.15, 0.2) is 11.6 Å². The third-order valence-electron chi connectivity index (χ3n) is 7.02. The first-order valence-electron chi connectivity index (χ1n) is 14.2. The van der Waals surface area contributed by atoms with Gasteiger partial charge < -0.3 is 15.6 Å². The number of halogens is 3. The molecule has 0 bridgehead atoms. The van der Waals surface area contributed by atoms with Crippen molar-refractivity contribution < 1.29 is 27.3 Å². The monoisotopic (exact) mass is 633 g/mol. The van der Waals surface area contributed by atoms with E-state index in [1.165, 1.54) is 18.2 Å². The molecule has 0 spiro atoms. The van der Waals surface area contributed by atoms with Crippen LogP contribution in [0.25, 0.3) is 21.8 Å². The average Bonchev–Trinajstić information content (AvgIpc) is 3.66. The van der Waals surface area contributed by atoms with Gasteiger partial charge in [-0.2, -0.15) is 4.98 Å². The van der Waals surface area contributed by atoms with Crippen molar-refractivity contribution in [3.63, 3.8) is 0 Å². The summed E-state index contributed by atoms with van der Waals surface area (Å²) < 4.78 is 45.8. The van der Waals surface area contributed by atoms with E-state index < -0.39 is 23.4 Å². The lowest BCUT2D eigenvalue weighted by atomic mass is 9.91. The number of rotatable bonds is 11. The summed E-state index contributed by atoms with van der Waals surface area (Å²) in [5, 5.41) is 6.87. The van der Waals surface area contributed by atoms with Crippen LogP contribution in [0.15, 0.2) is 59.1 Å². The van der Waals surface area contributed by atoms with Gasteiger partial charge in [-0.15, -0.1) is 11.3 Å². The van der Waals surface area contributed by atoms with Gasteiger partial charge in [0, 0.05) is 23.9 Å². The predicted molar refractivity (Wildman–Crippen MR) is 164 cm³/mol. The van der Waals surface area contributed by atoms with Crippen LogP contribution in [0.4, 0.5) is 13.2 Å². The van der Waals surface area contributed by atoms with Crippen molar-refractivity contribution in [2.24, 2.45) is 11.7 Å². The van der Waals surface area contributed by atoms with Crippen molar-refractivity contribution in [2.75, 3.05) is 0 Å².